The number of hydrogen-bond donors (Lipinski definition) is 1. The van der Waals surface area contributed by atoms with Crippen LogP contribution in [0.5, 0.6) is 11.5 Å². The molecule has 10 heteroatoms. The van der Waals surface area contributed by atoms with Crippen molar-refractivity contribution < 1.29 is 27.5 Å². The van der Waals surface area contributed by atoms with Gasteiger partial charge < -0.3 is 19.7 Å². The Bertz CT molecular complexity index is 1510. The highest BCUT2D eigenvalue weighted by atomic mass is 32.2. The minimum Gasteiger partial charge on any atom is -0.486 e. The molecule has 1 heterocycles. The van der Waals surface area contributed by atoms with Gasteiger partial charge in [-0.1, -0.05) is 67.1 Å². The van der Waals surface area contributed by atoms with Gasteiger partial charge in [0, 0.05) is 38.0 Å². The lowest BCUT2D eigenvalue weighted by Crippen LogP contribution is -2.52. The maximum absolute atomic E-state index is 14.0. The van der Waals surface area contributed by atoms with Gasteiger partial charge in [0.05, 0.1) is 11.9 Å². The second kappa shape index (κ2) is 15.1. The molecule has 0 aliphatic carbocycles. The zero-order valence-corrected chi connectivity index (χ0v) is 26.8. The molecule has 2 atom stereocenters. The van der Waals surface area contributed by atoms with Crippen molar-refractivity contribution in [2.24, 2.45) is 0 Å². The predicted octanol–water partition coefficient (Wildman–Crippen LogP) is 4.87. The fraction of sp³-hybridized carbons (Fsp3) is 0.412. The first kappa shape index (κ1) is 32.9. The summed E-state index contributed by atoms with van der Waals surface area (Å²) in [5, 5.41) is 3.08. The first-order valence-electron chi connectivity index (χ1n) is 15.1. The molecule has 0 saturated heterocycles. The van der Waals surface area contributed by atoms with Crippen molar-refractivity contribution >= 4 is 27.5 Å². The maximum atomic E-state index is 14.0. The van der Waals surface area contributed by atoms with Crippen LogP contribution >= 0.6 is 0 Å². The van der Waals surface area contributed by atoms with Crippen molar-refractivity contribution in [2.45, 2.75) is 65.1 Å². The molecular weight excluding hydrogens is 578 g/mol. The van der Waals surface area contributed by atoms with Gasteiger partial charge >= 0.3 is 0 Å². The molecule has 4 rings (SSSR count). The van der Waals surface area contributed by atoms with Crippen LogP contribution in [0.25, 0.3) is 0 Å². The molecule has 0 radical (unpaired) electrons. The SMILES string of the molecule is CC[C@@H](C)NC(=O)[C@H](Cc1ccccc1)N(Cc1ccc(C)cc1)C(=O)CCCN(c1ccc2c(c1)OCCO2)S(C)(=O)=O. The van der Waals surface area contributed by atoms with E-state index in [2.05, 4.69) is 5.32 Å². The van der Waals surface area contributed by atoms with Crippen LogP contribution in [0.3, 0.4) is 0 Å². The second-order valence-electron chi connectivity index (χ2n) is 11.3. The molecule has 0 bridgehead atoms. The largest absolute Gasteiger partial charge is 0.486 e. The molecule has 0 unspecified atom stereocenters. The molecule has 0 fully saturated rings. The molecular formula is C34H43N3O6S. The van der Waals surface area contributed by atoms with Gasteiger partial charge in [-0.25, -0.2) is 8.42 Å². The number of anilines is 1. The van der Waals surface area contributed by atoms with Crippen LogP contribution in [0.4, 0.5) is 5.69 Å². The number of carbonyl (C=O) groups excluding carboxylic acids is 2. The summed E-state index contributed by atoms with van der Waals surface area (Å²) in [4.78, 5) is 29.4. The number of fused-ring (bicyclic) bond motifs is 1. The van der Waals surface area contributed by atoms with Crippen LogP contribution in [0.2, 0.25) is 0 Å². The normalized spacial score (nSPS) is 13.9. The minimum absolute atomic E-state index is 0.0496. The number of nitrogens with zero attached hydrogens (tertiary/aromatic N) is 2. The van der Waals surface area contributed by atoms with E-state index in [4.69, 9.17) is 9.47 Å². The Balaban J connectivity index is 1.58. The van der Waals surface area contributed by atoms with Crippen LogP contribution in [0.15, 0.2) is 72.8 Å². The third kappa shape index (κ3) is 8.98. The molecule has 1 aliphatic rings. The molecule has 1 N–H and O–H groups in total. The van der Waals surface area contributed by atoms with E-state index in [1.165, 1.54) is 4.31 Å². The number of hydrogen-bond acceptors (Lipinski definition) is 6. The van der Waals surface area contributed by atoms with Crippen molar-refractivity contribution in [2.75, 3.05) is 30.3 Å². The van der Waals surface area contributed by atoms with Crippen molar-refractivity contribution in [3.8, 4) is 11.5 Å². The summed E-state index contributed by atoms with van der Waals surface area (Å²) in [6, 6.07) is 21.8. The van der Waals surface area contributed by atoms with Crippen molar-refractivity contribution in [1.29, 1.82) is 0 Å². The van der Waals surface area contributed by atoms with E-state index in [0.29, 0.717) is 36.8 Å². The Kier molecular flexibility index (Phi) is 11.3. The highest BCUT2D eigenvalue weighted by Crippen LogP contribution is 2.35. The fourth-order valence-corrected chi connectivity index (χ4v) is 6.03. The van der Waals surface area contributed by atoms with E-state index in [-0.39, 0.29) is 43.8 Å². The molecule has 0 spiro atoms. The van der Waals surface area contributed by atoms with Crippen LogP contribution in [-0.4, -0.2) is 63.2 Å². The van der Waals surface area contributed by atoms with E-state index in [1.54, 1.807) is 23.1 Å². The van der Waals surface area contributed by atoms with Crippen LogP contribution < -0.4 is 19.1 Å². The summed E-state index contributed by atoms with van der Waals surface area (Å²) in [5.74, 6) is 0.619. The Morgan fingerprint density at radius 3 is 2.27 bits per heavy atom. The molecule has 2 amide bonds. The van der Waals surface area contributed by atoms with E-state index < -0.39 is 16.1 Å². The lowest BCUT2D eigenvalue weighted by atomic mass is 10.0. The van der Waals surface area contributed by atoms with E-state index in [1.807, 2.05) is 75.4 Å². The lowest BCUT2D eigenvalue weighted by Gasteiger charge is -2.33. The first-order chi connectivity index (χ1) is 21.0. The lowest BCUT2D eigenvalue weighted by molar-refractivity contribution is -0.141. The fourth-order valence-electron chi connectivity index (χ4n) is 5.08. The Labute approximate surface area is 261 Å². The highest BCUT2D eigenvalue weighted by Gasteiger charge is 2.31. The van der Waals surface area contributed by atoms with Crippen molar-refractivity contribution in [3.05, 3.63) is 89.5 Å². The number of ether oxygens (including phenoxy) is 2. The molecule has 0 aromatic heterocycles. The average Bonchev–Trinajstić information content (AvgIpc) is 3.01. The summed E-state index contributed by atoms with van der Waals surface area (Å²) in [7, 11) is -3.65. The van der Waals surface area contributed by atoms with Gasteiger partial charge in [0.1, 0.15) is 19.3 Å². The van der Waals surface area contributed by atoms with E-state index >= 15 is 0 Å². The molecule has 44 heavy (non-hydrogen) atoms. The number of aryl methyl sites for hydroxylation is 1. The quantitative estimate of drug-likeness (QED) is 0.276. The molecule has 3 aromatic rings. The van der Waals surface area contributed by atoms with Crippen LogP contribution in [0.1, 0.15) is 49.8 Å². The maximum Gasteiger partial charge on any atom is 0.243 e. The Morgan fingerprint density at radius 2 is 1.61 bits per heavy atom. The second-order valence-corrected chi connectivity index (χ2v) is 13.2. The van der Waals surface area contributed by atoms with Crippen LogP contribution in [0, 0.1) is 6.92 Å². The zero-order valence-electron chi connectivity index (χ0n) is 26.0. The van der Waals surface area contributed by atoms with E-state index in [0.717, 1.165) is 29.4 Å². The summed E-state index contributed by atoms with van der Waals surface area (Å²) in [5.41, 5.74) is 3.39. The van der Waals surface area contributed by atoms with E-state index in [9.17, 15) is 18.0 Å². The first-order valence-corrected chi connectivity index (χ1v) is 17.0. The van der Waals surface area contributed by atoms with Gasteiger partial charge in [-0.05, 0) is 49.9 Å². The predicted molar refractivity (Wildman–Crippen MR) is 172 cm³/mol. The monoisotopic (exact) mass is 621 g/mol. The number of carbonyl (C=O) groups is 2. The topological polar surface area (TPSA) is 105 Å². The van der Waals surface area contributed by atoms with Gasteiger partial charge in [-0.2, -0.15) is 0 Å². The smallest absolute Gasteiger partial charge is 0.243 e. The Hall–Kier alpha value is -4.05. The molecule has 9 nitrogen and oxygen atoms in total. The molecule has 0 saturated carbocycles. The summed E-state index contributed by atoms with van der Waals surface area (Å²) in [6.07, 6.45) is 2.58. The molecule has 3 aromatic carbocycles. The number of nitrogens with one attached hydrogen (secondary N) is 1. The average molecular weight is 622 g/mol. The molecule has 236 valence electrons. The number of benzene rings is 3. The summed E-state index contributed by atoms with van der Waals surface area (Å²) in [6.45, 7) is 7.11. The van der Waals surface area contributed by atoms with Gasteiger partial charge in [0.25, 0.3) is 0 Å². The minimum atomic E-state index is -3.65. The number of amides is 2. The van der Waals surface area contributed by atoms with Crippen molar-refractivity contribution in [3.63, 3.8) is 0 Å². The molecule has 1 aliphatic heterocycles. The summed E-state index contributed by atoms with van der Waals surface area (Å²) < 4.78 is 38.1. The van der Waals surface area contributed by atoms with Gasteiger partial charge in [0.15, 0.2) is 11.5 Å². The van der Waals surface area contributed by atoms with Crippen molar-refractivity contribution in [1.82, 2.24) is 10.2 Å². The third-order valence-electron chi connectivity index (χ3n) is 7.71. The number of rotatable bonds is 14. The van der Waals surface area contributed by atoms with Gasteiger partial charge in [-0.3, -0.25) is 13.9 Å². The zero-order chi connectivity index (χ0) is 31.7. The number of sulfonamides is 1. The van der Waals surface area contributed by atoms with Crippen LogP contribution in [-0.2, 0) is 32.6 Å². The highest BCUT2D eigenvalue weighted by molar-refractivity contribution is 7.92. The van der Waals surface area contributed by atoms with Gasteiger partial charge in [0.2, 0.25) is 21.8 Å². The standard InChI is InChI=1S/C34H43N3O6S/c1-5-26(3)35-34(39)30(22-27-10-7-6-8-11-27)36(24-28-15-13-25(2)14-16-28)33(38)12-9-19-37(44(4,40)41)29-17-18-31-32(23-29)43-21-20-42-31/h6-8,10-11,13-18,23,26,30H,5,9,12,19-22,24H2,1-4H3,(H,35,39)/t26-,30+/m1/s1. The van der Waals surface area contributed by atoms with Gasteiger partial charge in [-0.15, -0.1) is 0 Å². The third-order valence-corrected chi connectivity index (χ3v) is 8.91. The Morgan fingerprint density at radius 1 is 0.932 bits per heavy atom. The summed E-state index contributed by atoms with van der Waals surface area (Å²) >= 11 is 0.